The molecule has 1 N–H and O–H groups in total. The smallest absolute Gasteiger partial charge is 0.306 e. The van der Waals surface area contributed by atoms with Crippen molar-refractivity contribution in [2.24, 2.45) is 11.8 Å². The van der Waals surface area contributed by atoms with Gasteiger partial charge in [0.2, 0.25) is 0 Å². The highest BCUT2D eigenvalue weighted by molar-refractivity contribution is 5.99. The van der Waals surface area contributed by atoms with Gasteiger partial charge in [-0.05, 0) is 30.0 Å². The Kier molecular flexibility index (Phi) is 5.28. The van der Waals surface area contributed by atoms with Crippen LogP contribution in [0.2, 0.25) is 0 Å². The van der Waals surface area contributed by atoms with E-state index in [0.717, 1.165) is 12.8 Å². The monoisotopic (exact) mass is 262 g/mol. The molecule has 1 aromatic rings. The lowest BCUT2D eigenvalue weighted by atomic mass is 9.87. The van der Waals surface area contributed by atoms with Gasteiger partial charge in [-0.2, -0.15) is 0 Å². The normalized spacial score (nSPS) is 13.9. The van der Waals surface area contributed by atoms with Gasteiger partial charge in [0.05, 0.1) is 5.92 Å². The van der Waals surface area contributed by atoms with E-state index in [1.165, 1.54) is 11.1 Å². The Morgan fingerprint density at radius 3 is 2.11 bits per heavy atom. The third-order valence-electron chi connectivity index (χ3n) is 3.81. The number of carboxylic acid groups (broad SMARTS) is 1. The second kappa shape index (κ2) is 6.50. The topological polar surface area (TPSA) is 54.4 Å². The summed E-state index contributed by atoms with van der Waals surface area (Å²) in [6.45, 7) is 7.41. The SMILES string of the molecule is CCc1ccc(C(=O)C(C)C(C)C(=O)O)cc1CC. The zero-order valence-corrected chi connectivity index (χ0v) is 12.1. The van der Waals surface area contributed by atoms with Gasteiger partial charge < -0.3 is 5.11 Å². The number of Topliss-reactive ketones (excluding diaryl/α,β-unsaturated/α-hetero) is 1. The van der Waals surface area contributed by atoms with Crippen molar-refractivity contribution < 1.29 is 14.7 Å². The minimum atomic E-state index is -0.929. The molecule has 3 heteroatoms. The Labute approximate surface area is 114 Å². The lowest BCUT2D eigenvalue weighted by Crippen LogP contribution is -2.25. The van der Waals surface area contributed by atoms with Crippen LogP contribution in [0.3, 0.4) is 0 Å². The Balaban J connectivity index is 3.03. The predicted molar refractivity (Wildman–Crippen MR) is 75.5 cm³/mol. The summed E-state index contributed by atoms with van der Waals surface area (Å²) in [6.07, 6.45) is 1.83. The Bertz CT molecular complexity index is 477. The fourth-order valence-electron chi connectivity index (χ4n) is 2.16. The molecule has 2 atom stereocenters. The molecule has 0 amide bonds. The van der Waals surface area contributed by atoms with Crippen molar-refractivity contribution in [2.45, 2.75) is 40.5 Å². The molecule has 104 valence electrons. The Morgan fingerprint density at radius 2 is 1.63 bits per heavy atom. The van der Waals surface area contributed by atoms with Crippen LogP contribution in [0.1, 0.15) is 49.2 Å². The number of rotatable bonds is 6. The molecular formula is C16H22O3. The first-order valence-electron chi connectivity index (χ1n) is 6.81. The maximum atomic E-state index is 12.3. The minimum Gasteiger partial charge on any atom is -0.481 e. The molecule has 0 spiro atoms. The lowest BCUT2D eigenvalue weighted by molar-refractivity contribution is -0.142. The largest absolute Gasteiger partial charge is 0.481 e. The highest BCUT2D eigenvalue weighted by Crippen LogP contribution is 2.20. The maximum Gasteiger partial charge on any atom is 0.306 e. The van der Waals surface area contributed by atoms with Crippen LogP contribution in [0.25, 0.3) is 0 Å². The van der Waals surface area contributed by atoms with E-state index in [-0.39, 0.29) is 5.78 Å². The van der Waals surface area contributed by atoms with Gasteiger partial charge >= 0.3 is 5.97 Å². The van der Waals surface area contributed by atoms with Crippen molar-refractivity contribution in [1.29, 1.82) is 0 Å². The lowest BCUT2D eigenvalue weighted by Gasteiger charge is -2.16. The molecule has 2 unspecified atom stereocenters. The van der Waals surface area contributed by atoms with Crippen molar-refractivity contribution in [3.63, 3.8) is 0 Å². The van der Waals surface area contributed by atoms with Crippen LogP contribution in [0.4, 0.5) is 0 Å². The molecule has 0 fully saturated rings. The number of ketones is 1. The molecule has 0 aliphatic rings. The van der Waals surface area contributed by atoms with E-state index in [4.69, 9.17) is 5.11 Å². The van der Waals surface area contributed by atoms with E-state index in [1.807, 2.05) is 18.2 Å². The fourth-order valence-corrected chi connectivity index (χ4v) is 2.16. The van der Waals surface area contributed by atoms with Gasteiger partial charge in [0, 0.05) is 11.5 Å². The molecule has 0 radical (unpaired) electrons. The summed E-state index contributed by atoms with van der Waals surface area (Å²) < 4.78 is 0. The average molecular weight is 262 g/mol. The summed E-state index contributed by atoms with van der Waals surface area (Å²) in [6, 6.07) is 5.70. The summed E-state index contributed by atoms with van der Waals surface area (Å²) >= 11 is 0. The van der Waals surface area contributed by atoms with E-state index in [1.54, 1.807) is 13.8 Å². The molecule has 0 aromatic heterocycles. The number of carboxylic acids is 1. The van der Waals surface area contributed by atoms with Crippen molar-refractivity contribution in [3.8, 4) is 0 Å². The molecule has 0 saturated heterocycles. The average Bonchev–Trinajstić information content (AvgIpc) is 2.43. The number of hydrogen-bond donors (Lipinski definition) is 1. The first-order chi connectivity index (χ1) is 8.92. The second-order valence-corrected chi connectivity index (χ2v) is 4.97. The minimum absolute atomic E-state index is 0.0905. The number of aliphatic carboxylic acids is 1. The van der Waals surface area contributed by atoms with Gasteiger partial charge in [-0.1, -0.05) is 39.8 Å². The van der Waals surface area contributed by atoms with Gasteiger partial charge in [-0.15, -0.1) is 0 Å². The van der Waals surface area contributed by atoms with E-state index < -0.39 is 17.8 Å². The molecule has 0 saturated carbocycles. The van der Waals surface area contributed by atoms with E-state index in [2.05, 4.69) is 13.8 Å². The van der Waals surface area contributed by atoms with Gasteiger partial charge in [0.15, 0.2) is 5.78 Å². The van der Waals surface area contributed by atoms with Crippen LogP contribution in [0, 0.1) is 11.8 Å². The van der Waals surface area contributed by atoms with Crippen LogP contribution in [0.5, 0.6) is 0 Å². The highest BCUT2D eigenvalue weighted by Gasteiger charge is 2.26. The quantitative estimate of drug-likeness (QED) is 0.800. The maximum absolute atomic E-state index is 12.3. The molecule has 19 heavy (non-hydrogen) atoms. The number of benzene rings is 1. The molecule has 1 aromatic carbocycles. The van der Waals surface area contributed by atoms with Crippen LogP contribution in [-0.2, 0) is 17.6 Å². The zero-order chi connectivity index (χ0) is 14.6. The summed E-state index contributed by atoms with van der Waals surface area (Å²) in [5, 5.41) is 8.98. The standard InChI is InChI=1S/C16H22O3/c1-5-12-7-8-14(9-13(12)6-2)15(17)10(3)11(4)16(18)19/h7-11H,5-6H2,1-4H3,(H,18,19). The highest BCUT2D eigenvalue weighted by atomic mass is 16.4. The number of hydrogen-bond acceptors (Lipinski definition) is 2. The van der Waals surface area contributed by atoms with Gasteiger partial charge in [0.25, 0.3) is 0 Å². The third-order valence-corrected chi connectivity index (χ3v) is 3.81. The van der Waals surface area contributed by atoms with Crippen LogP contribution in [-0.4, -0.2) is 16.9 Å². The van der Waals surface area contributed by atoms with Crippen molar-refractivity contribution in [1.82, 2.24) is 0 Å². The molecule has 1 rings (SSSR count). The Hall–Kier alpha value is -1.64. The third kappa shape index (κ3) is 3.43. The summed E-state index contributed by atoms with van der Waals surface area (Å²) in [5.41, 5.74) is 3.04. The molecule has 0 aliphatic carbocycles. The number of carbonyl (C=O) groups excluding carboxylic acids is 1. The van der Waals surface area contributed by atoms with Crippen LogP contribution in [0.15, 0.2) is 18.2 Å². The predicted octanol–water partition coefficient (Wildman–Crippen LogP) is 3.35. The van der Waals surface area contributed by atoms with E-state index >= 15 is 0 Å². The van der Waals surface area contributed by atoms with Crippen LogP contribution >= 0.6 is 0 Å². The Morgan fingerprint density at radius 1 is 1.05 bits per heavy atom. The van der Waals surface area contributed by atoms with E-state index in [9.17, 15) is 9.59 Å². The fraction of sp³-hybridized carbons (Fsp3) is 0.500. The summed E-state index contributed by atoms with van der Waals surface area (Å²) in [7, 11) is 0. The number of carbonyl (C=O) groups is 2. The second-order valence-electron chi connectivity index (χ2n) is 4.97. The van der Waals surface area contributed by atoms with Crippen LogP contribution < -0.4 is 0 Å². The molecule has 0 bridgehead atoms. The molecule has 0 aliphatic heterocycles. The zero-order valence-electron chi connectivity index (χ0n) is 12.1. The summed E-state index contributed by atoms with van der Waals surface area (Å²) in [4.78, 5) is 23.2. The van der Waals surface area contributed by atoms with Gasteiger partial charge in [-0.25, -0.2) is 0 Å². The molecule has 0 heterocycles. The van der Waals surface area contributed by atoms with E-state index in [0.29, 0.717) is 5.56 Å². The molecular weight excluding hydrogens is 240 g/mol. The first kappa shape index (κ1) is 15.4. The first-order valence-corrected chi connectivity index (χ1v) is 6.81. The molecule has 3 nitrogen and oxygen atoms in total. The van der Waals surface area contributed by atoms with Crippen molar-refractivity contribution in [2.75, 3.05) is 0 Å². The summed E-state index contributed by atoms with van der Waals surface area (Å²) in [5.74, 6) is -2.19. The van der Waals surface area contributed by atoms with Crippen molar-refractivity contribution >= 4 is 11.8 Å². The number of aryl methyl sites for hydroxylation is 2. The van der Waals surface area contributed by atoms with Crippen molar-refractivity contribution in [3.05, 3.63) is 34.9 Å². The van der Waals surface area contributed by atoms with Gasteiger partial charge in [0.1, 0.15) is 0 Å². The van der Waals surface area contributed by atoms with Gasteiger partial charge in [-0.3, -0.25) is 9.59 Å².